The molecular weight excluding hydrogens is 562 g/mol. The number of rotatable bonds is 6. The molecule has 3 aromatic rings. The van der Waals surface area contributed by atoms with Gasteiger partial charge in [-0.2, -0.15) is 0 Å². The van der Waals surface area contributed by atoms with E-state index in [0.717, 1.165) is 11.1 Å². The van der Waals surface area contributed by atoms with E-state index >= 15 is 0 Å². The summed E-state index contributed by atoms with van der Waals surface area (Å²) in [5.74, 6) is -1.26. The van der Waals surface area contributed by atoms with E-state index in [-0.39, 0.29) is 36.8 Å². The standard InChI is InChI=1S/C33H37N3O6Si/c1-20-30(43(2,3)41)28(17-29(38)36-18-23-12-8-7-11-22(23)15-25(36)19-37)42-33(20)26-16-24(13-14-27(26)35-32(33)40)34-31(39)21-9-5-4-6-10-21/h4-14,16,20,25,28,30,37,41H,15,17-19H2,1-3H3,(H,34,39)(H,35,40)/t20-,25+,28+,30-,33+/m1/s1. The molecule has 10 heteroatoms. The van der Waals surface area contributed by atoms with Crippen LogP contribution in [0.3, 0.4) is 0 Å². The normalized spacial score (nSPS) is 26.2. The van der Waals surface area contributed by atoms with E-state index in [0.29, 0.717) is 35.5 Å². The van der Waals surface area contributed by atoms with E-state index < -0.39 is 31.5 Å². The average Bonchev–Trinajstić information content (AvgIpc) is 3.44. The zero-order chi connectivity index (χ0) is 30.5. The lowest BCUT2D eigenvalue weighted by molar-refractivity contribution is -0.149. The Balaban J connectivity index is 1.30. The second-order valence-electron chi connectivity index (χ2n) is 12.4. The highest BCUT2D eigenvalue weighted by Crippen LogP contribution is 2.58. The molecule has 3 aliphatic heterocycles. The lowest BCUT2D eigenvalue weighted by Crippen LogP contribution is -2.48. The number of anilines is 2. The van der Waals surface area contributed by atoms with Gasteiger partial charge < -0.3 is 30.2 Å². The first-order valence-corrected chi connectivity index (χ1v) is 17.7. The van der Waals surface area contributed by atoms with Gasteiger partial charge in [-0.15, -0.1) is 0 Å². The monoisotopic (exact) mass is 599 g/mol. The van der Waals surface area contributed by atoms with Crippen molar-refractivity contribution in [2.75, 3.05) is 17.2 Å². The number of nitrogens with one attached hydrogen (secondary N) is 2. The van der Waals surface area contributed by atoms with Crippen molar-refractivity contribution in [3.05, 3.63) is 95.1 Å². The Morgan fingerprint density at radius 1 is 1.07 bits per heavy atom. The highest BCUT2D eigenvalue weighted by Gasteiger charge is 2.65. The molecule has 0 aromatic heterocycles. The first kappa shape index (κ1) is 29.2. The number of ether oxygens (including phenoxy) is 1. The van der Waals surface area contributed by atoms with Gasteiger partial charge >= 0.3 is 0 Å². The fraction of sp³-hybridized carbons (Fsp3) is 0.364. The first-order chi connectivity index (χ1) is 20.5. The largest absolute Gasteiger partial charge is 0.432 e. The highest BCUT2D eigenvalue weighted by atomic mass is 28.4. The Bertz CT molecular complexity index is 1570. The summed E-state index contributed by atoms with van der Waals surface area (Å²) in [7, 11) is -2.97. The molecule has 0 aliphatic carbocycles. The van der Waals surface area contributed by atoms with Crippen LogP contribution in [0.1, 0.15) is 40.4 Å². The molecule has 43 heavy (non-hydrogen) atoms. The summed E-state index contributed by atoms with van der Waals surface area (Å²) in [6.07, 6.45) is -0.189. The van der Waals surface area contributed by atoms with Gasteiger partial charge in [-0.05, 0) is 61.0 Å². The summed E-state index contributed by atoms with van der Waals surface area (Å²) in [5, 5.41) is 16.0. The van der Waals surface area contributed by atoms with Gasteiger partial charge in [-0.25, -0.2) is 0 Å². The summed E-state index contributed by atoms with van der Waals surface area (Å²) in [5.41, 5.74) is 2.46. The molecule has 1 saturated heterocycles. The predicted octanol–water partition coefficient (Wildman–Crippen LogP) is 4.02. The van der Waals surface area contributed by atoms with Crippen molar-refractivity contribution >= 4 is 37.4 Å². The summed E-state index contributed by atoms with van der Waals surface area (Å²) >= 11 is 0. The number of nitrogens with zero attached hydrogens (tertiary/aromatic N) is 1. The summed E-state index contributed by atoms with van der Waals surface area (Å²) in [6.45, 7) is 5.74. The Hall–Kier alpha value is -3.83. The molecule has 224 valence electrons. The number of carbonyl (C=O) groups is 3. The molecule has 0 unspecified atom stereocenters. The highest BCUT2D eigenvalue weighted by molar-refractivity contribution is 6.71. The minimum absolute atomic E-state index is 0.0283. The van der Waals surface area contributed by atoms with Crippen LogP contribution in [0.25, 0.3) is 0 Å². The van der Waals surface area contributed by atoms with Gasteiger partial charge in [0, 0.05) is 40.5 Å². The topological polar surface area (TPSA) is 128 Å². The maximum Gasteiger partial charge on any atom is 0.261 e. The van der Waals surface area contributed by atoms with Crippen molar-refractivity contribution in [1.29, 1.82) is 0 Å². The number of hydrogen-bond acceptors (Lipinski definition) is 6. The zero-order valence-corrected chi connectivity index (χ0v) is 25.5. The summed E-state index contributed by atoms with van der Waals surface area (Å²) in [6, 6.07) is 21.6. The van der Waals surface area contributed by atoms with Crippen LogP contribution in [0.4, 0.5) is 11.4 Å². The Kier molecular flexibility index (Phi) is 7.50. The third-order valence-corrected chi connectivity index (χ3v) is 11.8. The van der Waals surface area contributed by atoms with Gasteiger partial charge in [0.1, 0.15) is 0 Å². The third-order valence-electron chi connectivity index (χ3n) is 9.29. The number of aliphatic hydroxyl groups is 1. The van der Waals surface area contributed by atoms with Gasteiger partial charge in [0.15, 0.2) is 13.9 Å². The fourth-order valence-electron chi connectivity index (χ4n) is 7.30. The fourth-order valence-corrected chi connectivity index (χ4v) is 9.85. The number of aliphatic hydroxyl groups excluding tert-OH is 1. The molecule has 0 saturated carbocycles. The van der Waals surface area contributed by atoms with E-state index in [4.69, 9.17) is 4.74 Å². The maximum absolute atomic E-state index is 13.9. The first-order valence-electron chi connectivity index (χ1n) is 14.7. The minimum Gasteiger partial charge on any atom is -0.432 e. The van der Waals surface area contributed by atoms with Crippen molar-refractivity contribution in [2.45, 2.75) is 62.7 Å². The van der Waals surface area contributed by atoms with Crippen LogP contribution < -0.4 is 10.6 Å². The van der Waals surface area contributed by atoms with Crippen LogP contribution >= 0.6 is 0 Å². The zero-order valence-electron chi connectivity index (χ0n) is 24.5. The molecule has 0 bridgehead atoms. The summed E-state index contributed by atoms with van der Waals surface area (Å²) < 4.78 is 6.68. The smallest absolute Gasteiger partial charge is 0.261 e. The molecule has 4 N–H and O–H groups in total. The molecule has 9 nitrogen and oxygen atoms in total. The molecule has 3 amide bonds. The Morgan fingerprint density at radius 3 is 2.47 bits per heavy atom. The van der Waals surface area contributed by atoms with Gasteiger partial charge in [0.2, 0.25) is 5.91 Å². The van der Waals surface area contributed by atoms with Crippen molar-refractivity contribution in [3.63, 3.8) is 0 Å². The van der Waals surface area contributed by atoms with Gasteiger partial charge in [0.25, 0.3) is 11.8 Å². The number of benzene rings is 3. The SMILES string of the molecule is C[C@@H]1[C@@H]([Si](C)(C)O)[C@H](CC(=O)N2Cc3ccccc3C[C@H]2CO)O[C@@]12C(=O)Nc1ccc(NC(=O)c3ccccc3)cc12. The molecule has 3 aliphatic rings. The van der Waals surface area contributed by atoms with Crippen LogP contribution in [0, 0.1) is 5.92 Å². The number of amides is 3. The molecule has 6 rings (SSSR count). The van der Waals surface area contributed by atoms with E-state index in [2.05, 4.69) is 10.6 Å². The minimum atomic E-state index is -2.97. The molecule has 3 aromatic carbocycles. The van der Waals surface area contributed by atoms with E-state index in [1.54, 1.807) is 47.4 Å². The van der Waals surface area contributed by atoms with Crippen LogP contribution in [0.5, 0.6) is 0 Å². The van der Waals surface area contributed by atoms with Crippen molar-refractivity contribution in [3.8, 4) is 0 Å². The van der Waals surface area contributed by atoms with Gasteiger partial charge in [-0.3, -0.25) is 14.4 Å². The van der Waals surface area contributed by atoms with E-state index in [9.17, 15) is 24.3 Å². The van der Waals surface area contributed by atoms with Gasteiger partial charge in [-0.1, -0.05) is 49.4 Å². The van der Waals surface area contributed by atoms with E-state index in [1.807, 2.05) is 50.3 Å². The van der Waals surface area contributed by atoms with Crippen LogP contribution in [0.15, 0.2) is 72.8 Å². The van der Waals surface area contributed by atoms with Crippen molar-refractivity contribution in [1.82, 2.24) is 4.90 Å². The average molecular weight is 600 g/mol. The number of fused-ring (bicyclic) bond motifs is 3. The molecular formula is C33H37N3O6Si. The Labute approximate surface area is 252 Å². The summed E-state index contributed by atoms with van der Waals surface area (Å²) in [4.78, 5) is 53.7. The Morgan fingerprint density at radius 2 is 1.77 bits per heavy atom. The second kappa shape index (κ2) is 11.0. The lowest BCUT2D eigenvalue weighted by Gasteiger charge is -2.37. The number of carbonyl (C=O) groups excluding carboxylic acids is 3. The second-order valence-corrected chi connectivity index (χ2v) is 16.4. The van der Waals surface area contributed by atoms with Crippen LogP contribution in [-0.2, 0) is 32.9 Å². The number of hydrogen-bond donors (Lipinski definition) is 4. The molecule has 1 spiro atoms. The predicted molar refractivity (Wildman–Crippen MR) is 165 cm³/mol. The van der Waals surface area contributed by atoms with Crippen LogP contribution in [-0.4, -0.2) is 59.6 Å². The molecule has 5 atom stereocenters. The molecule has 0 radical (unpaired) electrons. The van der Waals surface area contributed by atoms with Gasteiger partial charge in [0.05, 0.1) is 25.2 Å². The quantitative estimate of drug-likeness (QED) is 0.317. The van der Waals surface area contributed by atoms with Crippen LogP contribution in [0.2, 0.25) is 18.6 Å². The van der Waals surface area contributed by atoms with E-state index in [1.165, 1.54) is 0 Å². The third kappa shape index (κ3) is 5.08. The maximum atomic E-state index is 13.9. The molecule has 3 heterocycles. The molecule has 1 fully saturated rings. The lowest BCUT2D eigenvalue weighted by atomic mass is 9.82. The van der Waals surface area contributed by atoms with Crippen molar-refractivity contribution < 1.29 is 29.0 Å². The van der Waals surface area contributed by atoms with Crippen molar-refractivity contribution in [2.24, 2.45) is 5.92 Å².